The zero-order chi connectivity index (χ0) is 7.61. The molecule has 0 spiro atoms. The van der Waals surface area contributed by atoms with E-state index in [1.807, 2.05) is 0 Å². The Morgan fingerprint density at radius 1 is 1.80 bits per heavy atom. The molecule has 2 heteroatoms. The van der Waals surface area contributed by atoms with E-state index in [1.54, 1.807) is 6.08 Å². The number of hydrogen-bond acceptors (Lipinski definition) is 2. The molecular formula is C8H13NO. The molecule has 0 amide bonds. The van der Waals surface area contributed by atoms with Crippen molar-refractivity contribution in [3.63, 3.8) is 0 Å². The van der Waals surface area contributed by atoms with E-state index in [0.717, 1.165) is 12.3 Å². The van der Waals surface area contributed by atoms with Crippen LogP contribution in [0.2, 0.25) is 0 Å². The highest BCUT2D eigenvalue weighted by Gasteiger charge is 2.24. The van der Waals surface area contributed by atoms with Crippen LogP contribution in [-0.4, -0.2) is 18.0 Å². The van der Waals surface area contributed by atoms with E-state index in [-0.39, 0.29) is 5.54 Å². The number of nitrogens with zero attached hydrogens (tertiary/aromatic N) is 1. The van der Waals surface area contributed by atoms with Gasteiger partial charge in [0.1, 0.15) is 6.61 Å². The normalized spacial score (nSPS) is 21.6. The molecule has 1 heterocycles. The predicted octanol–water partition coefficient (Wildman–Crippen LogP) is 1.77. The van der Waals surface area contributed by atoms with Crippen LogP contribution in [0.1, 0.15) is 20.3 Å². The van der Waals surface area contributed by atoms with E-state index < -0.39 is 0 Å². The van der Waals surface area contributed by atoms with Crippen LogP contribution in [-0.2, 0) is 4.74 Å². The van der Waals surface area contributed by atoms with Gasteiger partial charge >= 0.3 is 0 Å². The van der Waals surface area contributed by atoms with Crippen molar-refractivity contribution in [2.24, 2.45) is 4.99 Å². The van der Waals surface area contributed by atoms with Gasteiger partial charge in [-0.15, -0.1) is 6.58 Å². The topological polar surface area (TPSA) is 21.6 Å². The van der Waals surface area contributed by atoms with Gasteiger partial charge in [-0.3, -0.25) is 0 Å². The Balaban J connectivity index is 2.57. The van der Waals surface area contributed by atoms with Crippen molar-refractivity contribution in [3.05, 3.63) is 12.7 Å². The Morgan fingerprint density at radius 3 is 2.90 bits per heavy atom. The summed E-state index contributed by atoms with van der Waals surface area (Å²) in [5.74, 6) is 0.819. The maximum atomic E-state index is 5.29. The van der Waals surface area contributed by atoms with Gasteiger partial charge in [0.2, 0.25) is 0 Å². The lowest BCUT2D eigenvalue weighted by molar-refractivity contribution is 0.275. The van der Waals surface area contributed by atoms with Crippen LogP contribution in [0.15, 0.2) is 17.6 Å². The lowest BCUT2D eigenvalue weighted by Gasteiger charge is -2.07. The lowest BCUT2D eigenvalue weighted by atomic mass is 10.1. The second kappa shape index (κ2) is 2.45. The summed E-state index contributed by atoms with van der Waals surface area (Å²) >= 11 is 0. The molecule has 0 N–H and O–H groups in total. The molecule has 0 aliphatic carbocycles. The molecule has 0 aromatic rings. The maximum absolute atomic E-state index is 5.29. The van der Waals surface area contributed by atoms with Crippen LogP contribution in [0, 0.1) is 0 Å². The van der Waals surface area contributed by atoms with Crippen molar-refractivity contribution in [1.29, 1.82) is 0 Å². The molecule has 0 unspecified atom stereocenters. The molecule has 0 bridgehead atoms. The van der Waals surface area contributed by atoms with E-state index in [9.17, 15) is 0 Å². The fourth-order valence-electron chi connectivity index (χ4n) is 0.890. The van der Waals surface area contributed by atoms with Crippen LogP contribution in [0.3, 0.4) is 0 Å². The Hall–Kier alpha value is -0.790. The van der Waals surface area contributed by atoms with Crippen LogP contribution in [0.5, 0.6) is 0 Å². The molecule has 1 aliphatic rings. The molecule has 0 radical (unpaired) electrons. The van der Waals surface area contributed by atoms with Crippen molar-refractivity contribution >= 4 is 5.90 Å². The Labute approximate surface area is 61.6 Å². The standard InChI is InChI=1S/C8H13NO/c1-4-5-7-9-8(2,3)6-10-7/h4H,1,5-6H2,2-3H3. The van der Waals surface area contributed by atoms with Gasteiger partial charge in [0.15, 0.2) is 5.90 Å². The smallest absolute Gasteiger partial charge is 0.187 e. The summed E-state index contributed by atoms with van der Waals surface area (Å²) in [5.41, 5.74) is -0.0155. The first-order valence-electron chi connectivity index (χ1n) is 3.46. The van der Waals surface area contributed by atoms with E-state index in [4.69, 9.17) is 4.74 Å². The Morgan fingerprint density at radius 2 is 2.50 bits per heavy atom. The fraction of sp³-hybridized carbons (Fsp3) is 0.625. The van der Waals surface area contributed by atoms with Crippen LogP contribution in [0.4, 0.5) is 0 Å². The highest BCUT2D eigenvalue weighted by Crippen LogP contribution is 2.17. The molecule has 1 rings (SSSR count). The second-order valence-corrected chi connectivity index (χ2v) is 3.10. The van der Waals surface area contributed by atoms with Crippen LogP contribution >= 0.6 is 0 Å². The van der Waals surface area contributed by atoms with E-state index >= 15 is 0 Å². The summed E-state index contributed by atoms with van der Waals surface area (Å²) in [5, 5.41) is 0. The summed E-state index contributed by atoms with van der Waals surface area (Å²) in [4.78, 5) is 4.33. The van der Waals surface area contributed by atoms with Crippen molar-refractivity contribution < 1.29 is 4.74 Å². The van der Waals surface area contributed by atoms with Gasteiger partial charge in [0.05, 0.1) is 5.54 Å². The second-order valence-electron chi connectivity index (χ2n) is 3.10. The highest BCUT2D eigenvalue weighted by molar-refractivity contribution is 5.79. The molecular weight excluding hydrogens is 126 g/mol. The minimum Gasteiger partial charge on any atom is -0.478 e. The minimum atomic E-state index is -0.0155. The third-order valence-electron chi connectivity index (χ3n) is 1.34. The predicted molar refractivity (Wildman–Crippen MR) is 42.3 cm³/mol. The summed E-state index contributed by atoms with van der Waals surface area (Å²) in [6.07, 6.45) is 2.56. The summed E-state index contributed by atoms with van der Waals surface area (Å²) in [7, 11) is 0. The molecule has 0 saturated heterocycles. The molecule has 0 saturated carbocycles. The monoisotopic (exact) mass is 139 g/mol. The van der Waals surface area contributed by atoms with Crippen LogP contribution in [0.25, 0.3) is 0 Å². The van der Waals surface area contributed by atoms with Gasteiger partial charge in [-0.25, -0.2) is 4.99 Å². The van der Waals surface area contributed by atoms with Crippen molar-refractivity contribution in [2.75, 3.05) is 6.61 Å². The van der Waals surface area contributed by atoms with Gasteiger partial charge < -0.3 is 4.74 Å². The summed E-state index contributed by atoms with van der Waals surface area (Å²) in [6.45, 7) is 8.43. The number of hydrogen-bond donors (Lipinski definition) is 0. The van der Waals surface area contributed by atoms with E-state index in [1.165, 1.54) is 0 Å². The first-order chi connectivity index (χ1) is 4.64. The third-order valence-corrected chi connectivity index (χ3v) is 1.34. The molecule has 2 nitrogen and oxygen atoms in total. The molecule has 1 aliphatic heterocycles. The maximum Gasteiger partial charge on any atom is 0.187 e. The van der Waals surface area contributed by atoms with Crippen molar-refractivity contribution in [3.8, 4) is 0 Å². The third kappa shape index (κ3) is 1.59. The fourth-order valence-corrected chi connectivity index (χ4v) is 0.890. The molecule has 0 atom stereocenters. The zero-order valence-corrected chi connectivity index (χ0v) is 6.55. The number of rotatable bonds is 2. The molecule has 0 fully saturated rings. The van der Waals surface area contributed by atoms with E-state index in [0.29, 0.717) is 6.61 Å². The number of ether oxygens (including phenoxy) is 1. The first kappa shape index (κ1) is 7.32. The average molecular weight is 139 g/mol. The summed E-state index contributed by atoms with van der Waals surface area (Å²) in [6, 6.07) is 0. The quantitative estimate of drug-likeness (QED) is 0.534. The van der Waals surface area contributed by atoms with Gasteiger partial charge in [0, 0.05) is 6.42 Å². The lowest BCUT2D eigenvalue weighted by Crippen LogP contribution is -2.17. The minimum absolute atomic E-state index is 0.0155. The molecule has 0 aromatic carbocycles. The highest BCUT2D eigenvalue weighted by atomic mass is 16.5. The molecule has 10 heavy (non-hydrogen) atoms. The SMILES string of the molecule is C=CCC1=NC(C)(C)CO1. The molecule has 0 aromatic heterocycles. The average Bonchev–Trinajstić information content (AvgIpc) is 2.12. The van der Waals surface area contributed by atoms with Gasteiger partial charge in [-0.05, 0) is 13.8 Å². The summed E-state index contributed by atoms with van der Waals surface area (Å²) < 4.78 is 5.29. The Bertz CT molecular complexity index is 170. The van der Waals surface area contributed by atoms with Gasteiger partial charge in [-0.1, -0.05) is 6.08 Å². The van der Waals surface area contributed by atoms with Gasteiger partial charge in [-0.2, -0.15) is 0 Å². The number of aliphatic imine (C=N–C) groups is 1. The first-order valence-corrected chi connectivity index (χ1v) is 3.46. The Kier molecular flexibility index (Phi) is 1.79. The van der Waals surface area contributed by atoms with Crippen molar-refractivity contribution in [1.82, 2.24) is 0 Å². The van der Waals surface area contributed by atoms with Crippen LogP contribution < -0.4 is 0 Å². The largest absolute Gasteiger partial charge is 0.478 e. The van der Waals surface area contributed by atoms with Gasteiger partial charge in [0.25, 0.3) is 0 Å². The van der Waals surface area contributed by atoms with E-state index in [2.05, 4.69) is 25.4 Å². The van der Waals surface area contributed by atoms with Crippen molar-refractivity contribution in [2.45, 2.75) is 25.8 Å². The molecule has 56 valence electrons. The zero-order valence-electron chi connectivity index (χ0n) is 6.55.